The van der Waals surface area contributed by atoms with Crippen molar-refractivity contribution in [2.24, 2.45) is 0 Å². The lowest BCUT2D eigenvalue weighted by Gasteiger charge is -2.31. The topological polar surface area (TPSA) is 20.3 Å². The second-order valence-electron chi connectivity index (χ2n) is 4.16. The van der Waals surface area contributed by atoms with E-state index in [2.05, 4.69) is 27.8 Å². The number of rotatable bonds is 4. The van der Waals surface area contributed by atoms with Gasteiger partial charge in [0.25, 0.3) is 0 Å². The van der Waals surface area contributed by atoms with E-state index in [1.165, 1.54) is 17.8 Å². The van der Waals surface area contributed by atoms with E-state index in [0.29, 0.717) is 11.8 Å². The summed E-state index contributed by atoms with van der Waals surface area (Å²) in [5.74, 6) is 1.39. The maximum absolute atomic E-state index is 12.1. The summed E-state index contributed by atoms with van der Waals surface area (Å²) in [6, 6.07) is 1.94. The van der Waals surface area contributed by atoms with Gasteiger partial charge < -0.3 is 0 Å². The molecule has 1 aromatic heterocycles. The average molecular weight is 334 g/mol. The zero-order valence-electron chi connectivity index (χ0n) is 9.82. The van der Waals surface area contributed by atoms with Crippen LogP contribution in [-0.4, -0.2) is 41.3 Å². The monoisotopic (exact) mass is 333 g/mol. The first-order valence-corrected chi connectivity index (χ1v) is 8.53. The highest BCUT2D eigenvalue weighted by Crippen LogP contribution is 2.25. The van der Waals surface area contributed by atoms with E-state index in [1.807, 2.05) is 23.2 Å². The Balaban J connectivity index is 1.93. The van der Waals surface area contributed by atoms with Gasteiger partial charge in [0.05, 0.1) is 11.4 Å². The third-order valence-electron chi connectivity index (χ3n) is 2.92. The number of thioether (sulfide) groups is 1. The van der Waals surface area contributed by atoms with Crippen molar-refractivity contribution < 1.29 is 4.79 Å². The minimum atomic E-state index is 0.244. The number of hydrogen-bond donors (Lipinski definition) is 0. The molecule has 1 aromatic rings. The van der Waals surface area contributed by atoms with Crippen LogP contribution in [0.15, 0.2) is 15.9 Å². The number of nitrogens with zero attached hydrogens (tertiary/aromatic N) is 1. The first kappa shape index (κ1) is 13.6. The fraction of sp³-hybridized carbons (Fsp3) is 0.583. The fourth-order valence-electron chi connectivity index (χ4n) is 1.94. The van der Waals surface area contributed by atoms with Crippen LogP contribution in [0.5, 0.6) is 0 Å². The van der Waals surface area contributed by atoms with E-state index in [4.69, 9.17) is 0 Å². The van der Waals surface area contributed by atoms with Crippen LogP contribution in [0, 0.1) is 0 Å². The SMILES string of the molecule is CCC1CN(CC(=O)c2sccc2Br)CCS1. The summed E-state index contributed by atoms with van der Waals surface area (Å²) >= 11 is 6.98. The van der Waals surface area contributed by atoms with Crippen molar-refractivity contribution in [2.45, 2.75) is 18.6 Å². The van der Waals surface area contributed by atoms with Gasteiger partial charge in [0.2, 0.25) is 0 Å². The third kappa shape index (κ3) is 3.56. The molecule has 2 nitrogen and oxygen atoms in total. The zero-order valence-corrected chi connectivity index (χ0v) is 13.0. The van der Waals surface area contributed by atoms with E-state index in [9.17, 15) is 4.79 Å². The van der Waals surface area contributed by atoms with Crippen LogP contribution >= 0.6 is 39.0 Å². The van der Waals surface area contributed by atoms with Crippen LogP contribution in [0.2, 0.25) is 0 Å². The summed E-state index contributed by atoms with van der Waals surface area (Å²) in [6.45, 7) is 4.88. The lowest BCUT2D eigenvalue weighted by atomic mass is 10.2. The minimum Gasteiger partial charge on any atom is -0.294 e. The molecule has 0 radical (unpaired) electrons. The largest absolute Gasteiger partial charge is 0.294 e. The van der Waals surface area contributed by atoms with E-state index < -0.39 is 0 Å². The van der Waals surface area contributed by atoms with Gasteiger partial charge in [0.15, 0.2) is 5.78 Å². The molecule has 0 bridgehead atoms. The average Bonchev–Trinajstić information content (AvgIpc) is 2.76. The van der Waals surface area contributed by atoms with E-state index >= 15 is 0 Å². The molecule has 17 heavy (non-hydrogen) atoms. The Kier molecular flexibility index (Phi) is 5.09. The Morgan fingerprint density at radius 3 is 3.12 bits per heavy atom. The highest BCUT2D eigenvalue weighted by molar-refractivity contribution is 9.10. The molecule has 0 aliphatic carbocycles. The van der Waals surface area contributed by atoms with E-state index in [1.54, 1.807) is 0 Å². The minimum absolute atomic E-state index is 0.244. The van der Waals surface area contributed by atoms with Crippen molar-refractivity contribution in [3.63, 3.8) is 0 Å². The molecule has 0 amide bonds. The van der Waals surface area contributed by atoms with E-state index in [0.717, 1.165) is 28.2 Å². The maximum atomic E-state index is 12.1. The van der Waals surface area contributed by atoms with Crippen LogP contribution in [0.1, 0.15) is 23.0 Å². The molecule has 2 rings (SSSR count). The second kappa shape index (κ2) is 6.36. The predicted molar refractivity (Wildman–Crippen MR) is 79.3 cm³/mol. The smallest absolute Gasteiger partial charge is 0.187 e. The Hall–Kier alpha value is 0.160. The number of halogens is 1. The van der Waals surface area contributed by atoms with Crippen molar-refractivity contribution in [1.82, 2.24) is 4.90 Å². The number of hydrogen-bond acceptors (Lipinski definition) is 4. The molecular formula is C12H16BrNOS2. The quantitative estimate of drug-likeness (QED) is 0.786. The fourth-order valence-corrected chi connectivity index (χ4v) is 4.71. The summed E-state index contributed by atoms with van der Waals surface area (Å²) in [6.07, 6.45) is 1.19. The van der Waals surface area contributed by atoms with Gasteiger partial charge >= 0.3 is 0 Å². The van der Waals surface area contributed by atoms with Crippen LogP contribution < -0.4 is 0 Å². The summed E-state index contributed by atoms with van der Waals surface area (Å²) in [5.41, 5.74) is 0. The van der Waals surface area contributed by atoms with Crippen molar-refractivity contribution in [2.75, 3.05) is 25.4 Å². The lowest BCUT2D eigenvalue weighted by Crippen LogP contribution is -2.40. The van der Waals surface area contributed by atoms with Crippen LogP contribution in [0.3, 0.4) is 0 Å². The van der Waals surface area contributed by atoms with Gasteiger partial charge in [-0.1, -0.05) is 6.92 Å². The van der Waals surface area contributed by atoms with Gasteiger partial charge in [0, 0.05) is 28.6 Å². The van der Waals surface area contributed by atoms with Crippen molar-refractivity contribution in [3.8, 4) is 0 Å². The van der Waals surface area contributed by atoms with Crippen molar-refractivity contribution in [1.29, 1.82) is 0 Å². The number of ketones is 1. The number of carbonyl (C=O) groups excluding carboxylic acids is 1. The van der Waals surface area contributed by atoms with Gasteiger partial charge in [0.1, 0.15) is 0 Å². The molecule has 1 aliphatic rings. The molecule has 1 aliphatic heterocycles. The van der Waals surface area contributed by atoms with Gasteiger partial charge in [-0.2, -0.15) is 11.8 Å². The highest BCUT2D eigenvalue weighted by Gasteiger charge is 2.22. The zero-order chi connectivity index (χ0) is 12.3. The molecule has 5 heteroatoms. The lowest BCUT2D eigenvalue weighted by molar-refractivity contribution is 0.0936. The molecule has 0 aromatic carbocycles. The summed E-state index contributed by atoms with van der Waals surface area (Å²) in [4.78, 5) is 15.3. The van der Waals surface area contributed by atoms with Crippen molar-refractivity contribution in [3.05, 3.63) is 20.8 Å². The Morgan fingerprint density at radius 2 is 2.47 bits per heavy atom. The molecule has 1 unspecified atom stereocenters. The van der Waals surface area contributed by atoms with Crippen molar-refractivity contribution >= 4 is 44.8 Å². The molecule has 1 saturated heterocycles. The number of Topliss-reactive ketones (excluding diaryl/α,β-unsaturated/α-hetero) is 1. The normalized spacial score (nSPS) is 21.6. The molecule has 0 spiro atoms. The molecule has 0 saturated carbocycles. The molecular weight excluding hydrogens is 318 g/mol. The van der Waals surface area contributed by atoms with Gasteiger partial charge in [-0.05, 0) is 33.8 Å². The highest BCUT2D eigenvalue weighted by atomic mass is 79.9. The number of carbonyl (C=O) groups is 1. The first-order valence-electron chi connectivity index (χ1n) is 5.81. The maximum Gasteiger partial charge on any atom is 0.187 e. The second-order valence-corrected chi connectivity index (χ2v) is 7.34. The molecule has 2 heterocycles. The molecule has 0 N–H and O–H groups in total. The first-order chi connectivity index (χ1) is 8.20. The van der Waals surface area contributed by atoms with Gasteiger partial charge in [-0.15, -0.1) is 11.3 Å². The van der Waals surface area contributed by atoms with Crippen LogP contribution in [0.4, 0.5) is 0 Å². The van der Waals surface area contributed by atoms with Crippen LogP contribution in [-0.2, 0) is 0 Å². The number of thiophene rings is 1. The molecule has 1 atom stereocenters. The Morgan fingerprint density at radius 1 is 1.65 bits per heavy atom. The Bertz CT molecular complexity index is 394. The summed E-state index contributed by atoms with van der Waals surface area (Å²) in [7, 11) is 0. The standard InChI is InChI=1S/C12H16BrNOS2/c1-2-9-7-14(4-6-16-9)8-11(15)12-10(13)3-5-17-12/h3,5,9H,2,4,6-8H2,1H3. The van der Waals surface area contributed by atoms with Gasteiger partial charge in [-0.25, -0.2) is 0 Å². The summed E-state index contributed by atoms with van der Waals surface area (Å²) < 4.78 is 0.936. The Labute approximate surface area is 119 Å². The van der Waals surface area contributed by atoms with Crippen LogP contribution in [0.25, 0.3) is 0 Å². The third-order valence-corrected chi connectivity index (χ3v) is 6.17. The summed E-state index contributed by atoms with van der Waals surface area (Å²) in [5, 5.41) is 2.65. The predicted octanol–water partition coefficient (Wildman–Crippen LogP) is 3.52. The molecule has 1 fully saturated rings. The molecule has 94 valence electrons. The van der Waals surface area contributed by atoms with Gasteiger partial charge in [-0.3, -0.25) is 9.69 Å². The van der Waals surface area contributed by atoms with E-state index in [-0.39, 0.29) is 5.78 Å².